The molecule has 6 heteroatoms. The van der Waals surface area contributed by atoms with Gasteiger partial charge in [-0.25, -0.2) is 9.66 Å². The number of nitrogen functional groups attached to an aromatic ring is 1. The fourth-order valence-corrected chi connectivity index (χ4v) is 2.92. The molecule has 5 nitrogen and oxygen atoms in total. The lowest BCUT2D eigenvalue weighted by Gasteiger charge is -2.05. The molecule has 0 bridgehead atoms. The summed E-state index contributed by atoms with van der Waals surface area (Å²) in [6.45, 7) is 0. The summed E-state index contributed by atoms with van der Waals surface area (Å²) >= 11 is 5.99. The summed E-state index contributed by atoms with van der Waals surface area (Å²) in [5.41, 5.74) is 3.75. The van der Waals surface area contributed by atoms with Gasteiger partial charge < -0.3 is 10.4 Å². The summed E-state index contributed by atoms with van der Waals surface area (Å²) < 4.78 is 3.17. The van der Waals surface area contributed by atoms with E-state index in [9.17, 15) is 0 Å². The molecule has 0 aliphatic heterocycles. The van der Waals surface area contributed by atoms with Crippen molar-refractivity contribution in [1.29, 1.82) is 5.41 Å². The maximum atomic E-state index is 8.35. The van der Waals surface area contributed by atoms with Crippen LogP contribution in [0.3, 0.4) is 0 Å². The number of hydrogen-bond donors (Lipinski definition) is 2. The van der Waals surface area contributed by atoms with Crippen LogP contribution in [0.15, 0.2) is 67.1 Å². The Bertz CT molecular complexity index is 1080. The van der Waals surface area contributed by atoms with Gasteiger partial charge in [0.15, 0.2) is 11.1 Å². The zero-order valence-corrected chi connectivity index (χ0v) is 13.4. The van der Waals surface area contributed by atoms with Gasteiger partial charge in [-0.1, -0.05) is 41.9 Å². The minimum absolute atomic E-state index is 0.214. The van der Waals surface area contributed by atoms with Crippen LogP contribution in [0.25, 0.3) is 27.8 Å². The minimum Gasteiger partial charge on any atom is -0.336 e. The molecular formula is C18H14ClN5. The molecule has 24 heavy (non-hydrogen) atoms. The highest BCUT2D eigenvalue weighted by molar-refractivity contribution is 6.30. The van der Waals surface area contributed by atoms with Gasteiger partial charge in [0.25, 0.3) is 0 Å². The predicted octanol–water partition coefficient (Wildman–Crippen LogP) is 3.34. The Morgan fingerprint density at radius 2 is 1.71 bits per heavy atom. The van der Waals surface area contributed by atoms with Gasteiger partial charge in [0, 0.05) is 22.5 Å². The lowest BCUT2D eigenvalue weighted by Crippen LogP contribution is -2.27. The molecular weight excluding hydrogens is 322 g/mol. The van der Waals surface area contributed by atoms with E-state index in [1.165, 1.54) is 11.0 Å². The van der Waals surface area contributed by atoms with Crippen LogP contribution in [0, 0.1) is 5.41 Å². The number of rotatable bonds is 2. The number of hydrogen-bond acceptors (Lipinski definition) is 3. The van der Waals surface area contributed by atoms with E-state index in [1.54, 1.807) is 0 Å². The Hall–Kier alpha value is -3.05. The van der Waals surface area contributed by atoms with Gasteiger partial charge in [-0.15, -0.1) is 0 Å². The molecule has 0 saturated heterocycles. The lowest BCUT2D eigenvalue weighted by atomic mass is 10.1. The fourth-order valence-electron chi connectivity index (χ4n) is 2.79. The van der Waals surface area contributed by atoms with Gasteiger partial charge in [0.1, 0.15) is 6.33 Å². The first-order chi connectivity index (χ1) is 11.6. The molecule has 0 saturated carbocycles. The summed E-state index contributed by atoms with van der Waals surface area (Å²) in [5, 5.41) is 9.73. The van der Waals surface area contributed by atoms with Gasteiger partial charge in [-0.3, -0.25) is 5.41 Å². The van der Waals surface area contributed by atoms with Crippen LogP contribution in [0.2, 0.25) is 5.02 Å². The van der Waals surface area contributed by atoms with Crippen molar-refractivity contribution in [2.45, 2.75) is 0 Å². The predicted molar refractivity (Wildman–Crippen MR) is 95.5 cm³/mol. The Morgan fingerprint density at radius 1 is 1.00 bits per heavy atom. The van der Waals surface area contributed by atoms with Crippen molar-refractivity contribution >= 4 is 22.6 Å². The molecule has 4 aromatic rings. The number of fused-ring (bicyclic) bond motifs is 1. The second kappa shape index (κ2) is 5.54. The van der Waals surface area contributed by atoms with E-state index in [-0.39, 0.29) is 5.49 Å². The second-order valence-electron chi connectivity index (χ2n) is 5.45. The van der Waals surface area contributed by atoms with Crippen LogP contribution in [0.1, 0.15) is 0 Å². The fraction of sp³-hybridized carbons (Fsp3) is 0. The summed E-state index contributed by atoms with van der Waals surface area (Å²) in [5.74, 6) is 5.84. The zero-order chi connectivity index (χ0) is 16.7. The Labute approximate surface area is 143 Å². The van der Waals surface area contributed by atoms with Gasteiger partial charge >= 0.3 is 0 Å². The molecule has 2 heterocycles. The van der Waals surface area contributed by atoms with Crippen LogP contribution in [0.5, 0.6) is 0 Å². The third kappa shape index (κ3) is 2.26. The summed E-state index contributed by atoms with van der Waals surface area (Å²) in [6.07, 6.45) is 3.43. The largest absolute Gasteiger partial charge is 0.336 e. The molecule has 118 valence electrons. The van der Waals surface area contributed by atoms with E-state index in [4.69, 9.17) is 22.9 Å². The van der Waals surface area contributed by atoms with E-state index >= 15 is 0 Å². The first-order valence-electron chi connectivity index (χ1n) is 7.39. The standard InChI is InChI=1S/C18H14ClN5/c19-13-6-8-14(9-7-13)23-10-15(12-4-2-1-3-5-12)16-17(20)24(21)11-22-18(16)23/h1-11,20H,21H2. The summed E-state index contributed by atoms with van der Waals surface area (Å²) in [7, 11) is 0. The van der Waals surface area contributed by atoms with Crippen molar-refractivity contribution in [3.63, 3.8) is 0 Å². The monoisotopic (exact) mass is 335 g/mol. The Balaban J connectivity index is 2.08. The number of nitrogens with two attached hydrogens (primary N) is 1. The number of aromatic nitrogens is 3. The van der Waals surface area contributed by atoms with Crippen molar-refractivity contribution in [3.05, 3.63) is 77.6 Å². The Morgan fingerprint density at radius 3 is 2.42 bits per heavy atom. The smallest absolute Gasteiger partial charge is 0.156 e. The van der Waals surface area contributed by atoms with Crippen molar-refractivity contribution in [2.75, 3.05) is 5.84 Å². The number of nitrogens with one attached hydrogen (secondary N) is 1. The number of benzene rings is 2. The third-order valence-electron chi connectivity index (χ3n) is 3.97. The minimum atomic E-state index is 0.214. The quantitative estimate of drug-likeness (QED) is 0.551. The van der Waals surface area contributed by atoms with Gasteiger partial charge in [0.2, 0.25) is 0 Å². The molecule has 0 radical (unpaired) electrons. The molecule has 0 spiro atoms. The van der Waals surface area contributed by atoms with Gasteiger partial charge in [-0.2, -0.15) is 0 Å². The molecule has 0 amide bonds. The molecule has 0 aliphatic rings. The zero-order valence-electron chi connectivity index (χ0n) is 12.6. The van der Waals surface area contributed by atoms with Crippen molar-refractivity contribution in [3.8, 4) is 16.8 Å². The van der Waals surface area contributed by atoms with Crippen LogP contribution in [-0.2, 0) is 0 Å². The van der Waals surface area contributed by atoms with Crippen molar-refractivity contribution in [2.24, 2.45) is 0 Å². The lowest BCUT2D eigenvalue weighted by molar-refractivity contribution is 0.862. The molecule has 2 aromatic heterocycles. The number of nitrogens with zero attached hydrogens (tertiary/aromatic N) is 3. The van der Waals surface area contributed by atoms with Crippen molar-refractivity contribution in [1.82, 2.24) is 14.2 Å². The average Bonchev–Trinajstić information content (AvgIpc) is 3.00. The van der Waals surface area contributed by atoms with Gasteiger partial charge in [0.05, 0.1) is 5.39 Å². The molecule has 0 fully saturated rings. The van der Waals surface area contributed by atoms with E-state index < -0.39 is 0 Å². The first-order valence-corrected chi connectivity index (χ1v) is 7.76. The van der Waals surface area contributed by atoms with Crippen LogP contribution < -0.4 is 11.3 Å². The van der Waals surface area contributed by atoms with Crippen LogP contribution in [-0.4, -0.2) is 14.2 Å². The summed E-state index contributed by atoms with van der Waals surface area (Å²) in [4.78, 5) is 4.43. The topological polar surface area (TPSA) is 72.6 Å². The highest BCUT2D eigenvalue weighted by Crippen LogP contribution is 2.29. The molecule has 4 rings (SSSR count). The SMILES string of the molecule is N=c1c2c(-c3ccccc3)cn(-c3ccc(Cl)cc3)c2ncn1N. The third-order valence-corrected chi connectivity index (χ3v) is 4.22. The van der Waals surface area contributed by atoms with Crippen LogP contribution >= 0.6 is 11.6 Å². The highest BCUT2D eigenvalue weighted by Gasteiger charge is 2.15. The second-order valence-corrected chi connectivity index (χ2v) is 5.89. The number of halogens is 1. The van der Waals surface area contributed by atoms with E-state index in [1.807, 2.05) is 65.4 Å². The van der Waals surface area contributed by atoms with Crippen LogP contribution in [0.4, 0.5) is 0 Å². The normalized spacial score (nSPS) is 11.0. The maximum absolute atomic E-state index is 8.35. The molecule has 2 aromatic carbocycles. The highest BCUT2D eigenvalue weighted by atomic mass is 35.5. The van der Waals surface area contributed by atoms with E-state index in [0.717, 1.165) is 16.8 Å². The molecule has 3 N–H and O–H groups in total. The van der Waals surface area contributed by atoms with Crippen molar-refractivity contribution < 1.29 is 0 Å². The van der Waals surface area contributed by atoms with E-state index in [0.29, 0.717) is 16.1 Å². The maximum Gasteiger partial charge on any atom is 0.156 e. The van der Waals surface area contributed by atoms with Gasteiger partial charge in [-0.05, 0) is 29.8 Å². The Kier molecular flexibility index (Phi) is 3.36. The molecule has 0 aliphatic carbocycles. The average molecular weight is 336 g/mol. The summed E-state index contributed by atoms with van der Waals surface area (Å²) in [6, 6.07) is 17.4. The molecule has 0 unspecified atom stereocenters. The van der Waals surface area contributed by atoms with E-state index in [2.05, 4.69) is 4.98 Å². The molecule has 0 atom stereocenters. The first kappa shape index (κ1) is 14.5.